The fourth-order valence-corrected chi connectivity index (χ4v) is 4.74. The smallest absolute Gasteiger partial charge is 0.295 e. The summed E-state index contributed by atoms with van der Waals surface area (Å²) < 4.78 is 13.9. The molecule has 34 heavy (non-hydrogen) atoms. The van der Waals surface area contributed by atoms with E-state index in [0.717, 1.165) is 10.0 Å². The Balaban J connectivity index is 1.54. The maximum atomic E-state index is 13.2. The zero-order chi connectivity index (χ0) is 23.7. The highest BCUT2D eigenvalue weighted by Crippen LogP contribution is 2.41. The minimum Gasteiger partial charge on any atom is -0.507 e. The fraction of sp³-hybridized carbons (Fsp3) is 0.240. The lowest BCUT2D eigenvalue weighted by Gasteiger charge is -2.25. The van der Waals surface area contributed by atoms with Crippen molar-refractivity contribution in [2.75, 3.05) is 19.8 Å². The number of aromatic nitrogens is 2. The Bertz CT molecular complexity index is 1270. The number of hydrogen-bond acceptors (Lipinski definition) is 6. The highest BCUT2D eigenvalue weighted by molar-refractivity contribution is 9.10. The van der Waals surface area contributed by atoms with Crippen molar-refractivity contribution < 1.29 is 24.2 Å². The summed E-state index contributed by atoms with van der Waals surface area (Å²) in [5.41, 5.74) is 1.18. The second-order valence-electron chi connectivity index (χ2n) is 8.06. The van der Waals surface area contributed by atoms with E-state index in [1.165, 1.54) is 4.90 Å². The van der Waals surface area contributed by atoms with Gasteiger partial charge in [0.25, 0.3) is 11.7 Å². The molecule has 2 aromatic carbocycles. The average molecular weight is 524 g/mol. The highest BCUT2D eigenvalue weighted by Gasteiger charge is 2.45. The fourth-order valence-electron chi connectivity index (χ4n) is 4.32. The van der Waals surface area contributed by atoms with Gasteiger partial charge in [-0.3, -0.25) is 9.59 Å². The molecule has 2 aliphatic heterocycles. The van der Waals surface area contributed by atoms with Crippen LogP contribution in [-0.4, -0.2) is 51.0 Å². The van der Waals surface area contributed by atoms with Gasteiger partial charge < -0.3 is 24.0 Å². The summed E-state index contributed by atoms with van der Waals surface area (Å²) in [4.78, 5) is 31.9. The van der Waals surface area contributed by atoms with Crippen LogP contribution in [0.2, 0.25) is 0 Å². The van der Waals surface area contributed by atoms with E-state index < -0.39 is 17.7 Å². The van der Waals surface area contributed by atoms with E-state index in [2.05, 4.69) is 20.9 Å². The van der Waals surface area contributed by atoms with Gasteiger partial charge in [-0.15, -0.1) is 0 Å². The molecule has 174 valence electrons. The molecule has 0 spiro atoms. The Morgan fingerprint density at radius 1 is 1.09 bits per heavy atom. The van der Waals surface area contributed by atoms with E-state index in [-0.39, 0.29) is 11.3 Å². The number of aryl methyl sites for hydroxylation is 1. The van der Waals surface area contributed by atoms with Gasteiger partial charge in [-0.05, 0) is 42.3 Å². The lowest BCUT2D eigenvalue weighted by molar-refractivity contribution is -0.139. The number of rotatable bonds is 6. The molecule has 1 aromatic heterocycles. The number of carbonyl (C=O) groups is 2. The summed E-state index contributed by atoms with van der Waals surface area (Å²) >= 11 is 3.47. The van der Waals surface area contributed by atoms with Gasteiger partial charge in [0.1, 0.15) is 19.0 Å². The molecule has 1 unspecified atom stereocenters. The molecule has 5 rings (SSSR count). The number of aliphatic hydroxyl groups excluding tert-OH is 1. The maximum absolute atomic E-state index is 13.2. The van der Waals surface area contributed by atoms with Crippen molar-refractivity contribution in [3.05, 3.63) is 82.4 Å². The Labute approximate surface area is 204 Å². The zero-order valence-corrected chi connectivity index (χ0v) is 19.8. The molecule has 0 bridgehead atoms. The average Bonchev–Trinajstić information content (AvgIpc) is 3.45. The van der Waals surface area contributed by atoms with Gasteiger partial charge in [0.15, 0.2) is 11.5 Å². The normalized spacial score (nSPS) is 19.0. The number of ether oxygens (including phenoxy) is 2. The van der Waals surface area contributed by atoms with Crippen LogP contribution in [0, 0.1) is 0 Å². The van der Waals surface area contributed by atoms with Gasteiger partial charge in [-0.1, -0.05) is 28.1 Å². The third-order valence-electron chi connectivity index (χ3n) is 5.89. The van der Waals surface area contributed by atoms with Gasteiger partial charge >= 0.3 is 0 Å². The number of likely N-dealkylation sites (tertiary alicyclic amines) is 1. The number of ketones is 1. The van der Waals surface area contributed by atoms with Crippen LogP contribution in [0.1, 0.15) is 23.6 Å². The number of halogens is 1. The number of amides is 1. The van der Waals surface area contributed by atoms with Crippen molar-refractivity contribution in [1.29, 1.82) is 0 Å². The molecule has 0 saturated carbocycles. The van der Waals surface area contributed by atoms with Crippen LogP contribution in [0.5, 0.6) is 11.5 Å². The van der Waals surface area contributed by atoms with Crippen LogP contribution in [-0.2, 0) is 16.1 Å². The third-order valence-corrected chi connectivity index (χ3v) is 6.39. The van der Waals surface area contributed by atoms with Crippen molar-refractivity contribution >= 4 is 33.4 Å². The molecule has 9 heteroatoms. The van der Waals surface area contributed by atoms with E-state index in [4.69, 9.17) is 9.47 Å². The zero-order valence-electron chi connectivity index (χ0n) is 18.2. The molecular weight excluding hydrogens is 502 g/mol. The van der Waals surface area contributed by atoms with E-state index in [9.17, 15) is 14.7 Å². The van der Waals surface area contributed by atoms with Gasteiger partial charge in [-0.25, -0.2) is 4.98 Å². The number of imidazole rings is 1. The first-order chi connectivity index (χ1) is 16.5. The quantitative estimate of drug-likeness (QED) is 0.299. The maximum Gasteiger partial charge on any atom is 0.295 e. The molecule has 1 N–H and O–H groups in total. The van der Waals surface area contributed by atoms with Gasteiger partial charge in [-0.2, -0.15) is 0 Å². The SMILES string of the molecule is O=C1C(=O)N(CCCn2ccnc2)C(c2cccc(Br)c2)C1=C(O)c1ccc2c(c1)OCCO2. The predicted molar refractivity (Wildman–Crippen MR) is 127 cm³/mol. The second kappa shape index (κ2) is 9.34. The molecule has 1 saturated heterocycles. The van der Waals surface area contributed by atoms with Gasteiger partial charge in [0.05, 0.1) is 17.9 Å². The number of aliphatic hydroxyl groups is 1. The summed E-state index contributed by atoms with van der Waals surface area (Å²) in [6.45, 7) is 1.84. The molecule has 0 radical (unpaired) electrons. The Kier molecular flexibility index (Phi) is 6.10. The van der Waals surface area contributed by atoms with E-state index in [0.29, 0.717) is 49.8 Å². The van der Waals surface area contributed by atoms with Crippen molar-refractivity contribution in [1.82, 2.24) is 14.5 Å². The van der Waals surface area contributed by atoms with Crippen molar-refractivity contribution in [3.8, 4) is 11.5 Å². The Morgan fingerprint density at radius 2 is 1.91 bits per heavy atom. The number of Topliss-reactive ketones (excluding diaryl/α,β-unsaturated/α-hetero) is 1. The lowest BCUT2D eigenvalue weighted by atomic mass is 9.95. The van der Waals surface area contributed by atoms with Crippen LogP contribution in [0.4, 0.5) is 0 Å². The second-order valence-corrected chi connectivity index (χ2v) is 8.98. The number of benzene rings is 2. The minimum absolute atomic E-state index is 0.0578. The summed E-state index contributed by atoms with van der Waals surface area (Å²) in [5, 5.41) is 11.3. The molecule has 1 amide bonds. The van der Waals surface area contributed by atoms with Crippen LogP contribution in [0.15, 0.2) is 71.2 Å². The number of fused-ring (bicyclic) bond motifs is 1. The van der Waals surface area contributed by atoms with Crippen LogP contribution < -0.4 is 9.47 Å². The largest absolute Gasteiger partial charge is 0.507 e. The van der Waals surface area contributed by atoms with E-state index >= 15 is 0 Å². The molecule has 2 aliphatic rings. The molecule has 3 aromatic rings. The number of carbonyl (C=O) groups excluding carboxylic acids is 2. The van der Waals surface area contributed by atoms with Gasteiger partial charge in [0.2, 0.25) is 0 Å². The standard InChI is InChI=1S/C25H22BrN3O5/c26-18-4-1-3-16(13-18)22-21(23(30)17-5-6-19-20(14-17)34-12-11-33-19)24(31)25(32)29(22)9-2-8-28-10-7-27-15-28/h1,3-7,10,13-15,22,30H,2,8-9,11-12H2. The van der Waals surface area contributed by atoms with E-state index in [1.807, 2.05) is 35.0 Å². The molecule has 0 aliphatic carbocycles. The first kappa shape index (κ1) is 22.2. The van der Waals surface area contributed by atoms with E-state index in [1.54, 1.807) is 30.7 Å². The first-order valence-electron chi connectivity index (χ1n) is 10.9. The van der Waals surface area contributed by atoms with Crippen molar-refractivity contribution in [2.24, 2.45) is 0 Å². The number of nitrogens with zero attached hydrogens (tertiary/aromatic N) is 3. The molecule has 1 atom stereocenters. The monoisotopic (exact) mass is 523 g/mol. The van der Waals surface area contributed by atoms with Crippen LogP contribution in [0.3, 0.4) is 0 Å². The third kappa shape index (κ3) is 4.19. The van der Waals surface area contributed by atoms with Gasteiger partial charge in [0, 0.05) is 35.5 Å². The first-order valence-corrected chi connectivity index (χ1v) is 11.7. The molecule has 1 fully saturated rings. The minimum atomic E-state index is -0.714. The summed E-state index contributed by atoms with van der Waals surface area (Å²) in [6, 6.07) is 11.7. The topological polar surface area (TPSA) is 93.9 Å². The highest BCUT2D eigenvalue weighted by atomic mass is 79.9. The Hall–Kier alpha value is -3.59. The van der Waals surface area contributed by atoms with Crippen LogP contribution in [0.25, 0.3) is 5.76 Å². The van der Waals surface area contributed by atoms with Crippen LogP contribution >= 0.6 is 15.9 Å². The Morgan fingerprint density at radius 3 is 2.68 bits per heavy atom. The summed E-state index contributed by atoms with van der Waals surface area (Å²) in [7, 11) is 0. The van der Waals surface area contributed by atoms with Crippen molar-refractivity contribution in [3.63, 3.8) is 0 Å². The molecule has 8 nitrogen and oxygen atoms in total. The summed E-state index contributed by atoms with van der Waals surface area (Å²) in [6.07, 6.45) is 5.88. The predicted octanol–water partition coefficient (Wildman–Crippen LogP) is 3.93. The van der Waals surface area contributed by atoms with Crippen molar-refractivity contribution in [2.45, 2.75) is 19.0 Å². The summed E-state index contributed by atoms with van der Waals surface area (Å²) in [5.74, 6) is -0.512. The lowest BCUT2D eigenvalue weighted by Crippen LogP contribution is -2.31. The number of hydrogen-bond donors (Lipinski definition) is 1. The molecule has 3 heterocycles. The molecular formula is C25H22BrN3O5.